The molecule has 1 aliphatic heterocycles. The number of rotatable bonds is 3. The van der Waals surface area contributed by atoms with E-state index in [0.29, 0.717) is 14.8 Å². The molecule has 0 saturated heterocycles. The van der Waals surface area contributed by atoms with Crippen LogP contribution in [0.3, 0.4) is 0 Å². The van der Waals surface area contributed by atoms with Crippen LogP contribution >= 0.6 is 38.5 Å². The summed E-state index contributed by atoms with van der Waals surface area (Å²) in [5.41, 5.74) is 0.794. The van der Waals surface area contributed by atoms with Crippen molar-refractivity contribution in [1.82, 2.24) is 0 Å². The maximum absolute atomic E-state index is 12.4. The van der Waals surface area contributed by atoms with E-state index in [1.165, 1.54) is 25.2 Å². The maximum atomic E-state index is 12.4. The highest BCUT2D eigenvalue weighted by molar-refractivity contribution is 14.1. The molecule has 0 fully saturated rings. The molecule has 0 N–H and O–H groups in total. The number of nitrogens with zero attached hydrogens (tertiary/aromatic N) is 2. The molecule has 0 aromatic heterocycles. The molecule has 0 unspecified atom stereocenters. The Labute approximate surface area is 166 Å². The number of benzene rings is 1. The zero-order valence-electron chi connectivity index (χ0n) is 13.2. The molecule has 0 saturated carbocycles. The van der Waals surface area contributed by atoms with Crippen molar-refractivity contribution in [3.63, 3.8) is 0 Å². The van der Waals surface area contributed by atoms with E-state index in [1.807, 2.05) is 0 Å². The number of carbonyl (C=O) groups excluding carboxylic acids is 2. The third-order valence-electron chi connectivity index (χ3n) is 3.28. The summed E-state index contributed by atoms with van der Waals surface area (Å²) >= 11 is 5.41. The number of esters is 2. The van der Waals surface area contributed by atoms with Gasteiger partial charge in [0.05, 0.1) is 31.0 Å². The Balaban J connectivity index is 2.81. The minimum absolute atomic E-state index is 0.0296. The summed E-state index contributed by atoms with van der Waals surface area (Å²) < 4.78 is 11.1. The summed E-state index contributed by atoms with van der Waals surface area (Å²) in [4.78, 5) is 26.0. The molecular weight excluding hydrogens is 503 g/mol. The summed E-state index contributed by atoms with van der Waals surface area (Å²) in [6.45, 7) is 0. The van der Waals surface area contributed by atoms with Gasteiger partial charge in [-0.25, -0.2) is 9.59 Å². The Morgan fingerprint density at radius 3 is 2.48 bits per heavy atom. The fraction of sp³-hybridized carbons (Fsp3) is 0.118. The van der Waals surface area contributed by atoms with Crippen LogP contribution in [0.15, 0.2) is 52.3 Å². The highest BCUT2D eigenvalue weighted by atomic mass is 127. The van der Waals surface area contributed by atoms with Gasteiger partial charge >= 0.3 is 11.9 Å². The topological polar surface area (TPSA) is 79.6 Å². The van der Waals surface area contributed by atoms with Crippen LogP contribution in [0.5, 0.6) is 0 Å². The van der Waals surface area contributed by atoms with E-state index < -0.39 is 11.9 Å². The normalized spacial score (nSPS) is 13.3. The molecule has 0 radical (unpaired) electrons. The van der Waals surface area contributed by atoms with Crippen LogP contribution in [0.4, 0.5) is 5.69 Å². The zero-order chi connectivity index (χ0) is 18.6. The second-order valence-electron chi connectivity index (χ2n) is 4.71. The van der Waals surface area contributed by atoms with Crippen LogP contribution in [-0.4, -0.2) is 26.2 Å². The molecule has 1 aromatic rings. The highest BCUT2D eigenvalue weighted by Crippen LogP contribution is 2.35. The first-order chi connectivity index (χ1) is 11.9. The second kappa shape index (κ2) is 8.31. The van der Waals surface area contributed by atoms with Gasteiger partial charge < -0.3 is 14.4 Å². The predicted octanol–water partition coefficient (Wildman–Crippen LogP) is 3.42. The molecular formula is C17H12BrIN2O4. The lowest BCUT2D eigenvalue weighted by molar-refractivity contribution is -0.139. The SMILES string of the molecule is COC(=O)C1=C(C(=O)OC)N(c2c(I)cc(Br)cc2C#N)C=CC=C1. The average molecular weight is 515 g/mol. The van der Waals surface area contributed by atoms with E-state index in [1.54, 1.807) is 30.5 Å². The Kier molecular flexibility index (Phi) is 6.39. The smallest absolute Gasteiger partial charge is 0.355 e. The predicted molar refractivity (Wildman–Crippen MR) is 103 cm³/mol. The molecule has 25 heavy (non-hydrogen) atoms. The lowest BCUT2D eigenvalue weighted by Crippen LogP contribution is -2.28. The van der Waals surface area contributed by atoms with E-state index in [2.05, 4.69) is 44.6 Å². The van der Waals surface area contributed by atoms with Crippen LogP contribution in [-0.2, 0) is 19.1 Å². The average Bonchev–Trinajstić information content (AvgIpc) is 2.82. The zero-order valence-corrected chi connectivity index (χ0v) is 17.0. The maximum Gasteiger partial charge on any atom is 0.355 e. The number of ether oxygens (including phenoxy) is 2. The molecule has 1 heterocycles. The van der Waals surface area contributed by atoms with Crippen LogP contribution in [0.2, 0.25) is 0 Å². The molecule has 0 bridgehead atoms. The van der Waals surface area contributed by atoms with E-state index >= 15 is 0 Å². The molecule has 128 valence electrons. The molecule has 0 atom stereocenters. The van der Waals surface area contributed by atoms with Gasteiger partial charge in [-0.2, -0.15) is 5.26 Å². The summed E-state index contributed by atoms with van der Waals surface area (Å²) in [6, 6.07) is 5.55. The summed E-state index contributed by atoms with van der Waals surface area (Å²) in [6.07, 6.45) is 6.31. The van der Waals surface area contributed by atoms with Crippen molar-refractivity contribution in [2.45, 2.75) is 0 Å². The van der Waals surface area contributed by atoms with Gasteiger partial charge in [0.2, 0.25) is 0 Å². The van der Waals surface area contributed by atoms with Crippen LogP contribution in [0, 0.1) is 14.9 Å². The van der Waals surface area contributed by atoms with Crippen LogP contribution in [0.1, 0.15) is 5.56 Å². The molecule has 8 heteroatoms. The number of carbonyl (C=O) groups is 2. The Morgan fingerprint density at radius 1 is 1.20 bits per heavy atom. The summed E-state index contributed by atoms with van der Waals surface area (Å²) in [7, 11) is 2.45. The molecule has 1 aromatic carbocycles. The monoisotopic (exact) mass is 514 g/mol. The quantitative estimate of drug-likeness (QED) is 0.454. The number of nitriles is 1. The molecule has 2 rings (SSSR count). The molecule has 1 aliphatic rings. The Morgan fingerprint density at radius 2 is 1.88 bits per heavy atom. The van der Waals surface area contributed by atoms with Gasteiger partial charge in [0, 0.05) is 14.2 Å². The largest absolute Gasteiger partial charge is 0.465 e. The molecule has 0 amide bonds. The van der Waals surface area contributed by atoms with Gasteiger partial charge in [-0.05, 0) is 46.9 Å². The van der Waals surface area contributed by atoms with Crippen molar-refractivity contribution in [2.24, 2.45) is 0 Å². The lowest BCUT2D eigenvalue weighted by atomic mass is 10.1. The lowest BCUT2D eigenvalue weighted by Gasteiger charge is -2.25. The van der Waals surface area contributed by atoms with E-state index in [0.717, 1.165) is 4.47 Å². The number of anilines is 1. The van der Waals surface area contributed by atoms with Crippen molar-refractivity contribution in [3.8, 4) is 6.07 Å². The van der Waals surface area contributed by atoms with E-state index in [9.17, 15) is 14.9 Å². The standard InChI is InChI=1S/C17H12BrIN2O4/c1-24-16(22)12-5-3-4-6-21(15(12)17(23)25-2)14-10(9-20)7-11(18)8-13(14)19/h3-8H,1-2H3. The third kappa shape index (κ3) is 3.93. The Bertz CT molecular complexity index is 868. The van der Waals surface area contributed by atoms with Gasteiger partial charge in [0.1, 0.15) is 11.8 Å². The van der Waals surface area contributed by atoms with E-state index in [-0.39, 0.29) is 11.3 Å². The van der Waals surface area contributed by atoms with Crippen molar-refractivity contribution < 1.29 is 19.1 Å². The fourth-order valence-corrected chi connectivity index (χ4v) is 4.00. The molecule has 0 aliphatic carbocycles. The highest BCUT2D eigenvalue weighted by Gasteiger charge is 2.29. The number of allylic oxidation sites excluding steroid dienone is 2. The van der Waals surface area contributed by atoms with Crippen molar-refractivity contribution in [3.05, 3.63) is 61.4 Å². The number of hydrogen-bond donors (Lipinski definition) is 0. The van der Waals surface area contributed by atoms with Gasteiger partial charge in [0.25, 0.3) is 0 Å². The van der Waals surface area contributed by atoms with Gasteiger partial charge in [-0.1, -0.05) is 22.0 Å². The minimum atomic E-state index is -0.723. The number of hydrogen-bond acceptors (Lipinski definition) is 6. The summed E-state index contributed by atoms with van der Waals surface area (Å²) in [5, 5.41) is 9.51. The van der Waals surface area contributed by atoms with Crippen molar-refractivity contribution >= 4 is 56.1 Å². The van der Waals surface area contributed by atoms with Crippen LogP contribution < -0.4 is 4.90 Å². The van der Waals surface area contributed by atoms with Crippen LogP contribution in [0.25, 0.3) is 0 Å². The van der Waals surface area contributed by atoms with Crippen molar-refractivity contribution in [2.75, 3.05) is 19.1 Å². The molecule has 6 nitrogen and oxygen atoms in total. The number of halogens is 2. The van der Waals surface area contributed by atoms with Crippen molar-refractivity contribution in [1.29, 1.82) is 5.26 Å². The first kappa shape index (κ1) is 19.2. The second-order valence-corrected chi connectivity index (χ2v) is 6.79. The first-order valence-corrected chi connectivity index (χ1v) is 8.76. The first-order valence-electron chi connectivity index (χ1n) is 6.88. The molecule has 0 spiro atoms. The van der Waals surface area contributed by atoms with E-state index in [4.69, 9.17) is 9.47 Å². The minimum Gasteiger partial charge on any atom is -0.465 e. The van der Waals surface area contributed by atoms with Gasteiger partial charge in [0.15, 0.2) is 0 Å². The van der Waals surface area contributed by atoms with Gasteiger partial charge in [-0.3, -0.25) is 0 Å². The van der Waals surface area contributed by atoms with Gasteiger partial charge in [-0.15, -0.1) is 0 Å². The third-order valence-corrected chi connectivity index (χ3v) is 4.56. The Hall–Kier alpha value is -2.12. The summed E-state index contributed by atoms with van der Waals surface area (Å²) in [5.74, 6) is -1.41. The number of methoxy groups -OCH3 is 2. The fourth-order valence-electron chi connectivity index (χ4n) is 2.23.